The fraction of sp³-hybridized carbons (Fsp3) is 0.467. The molecule has 19 heavy (non-hydrogen) atoms. The molecule has 102 valence electrons. The Morgan fingerprint density at radius 3 is 2.79 bits per heavy atom. The van der Waals surface area contributed by atoms with Crippen LogP contribution in [0.4, 0.5) is 4.39 Å². The van der Waals surface area contributed by atoms with E-state index in [9.17, 15) is 4.39 Å². The van der Waals surface area contributed by atoms with Crippen molar-refractivity contribution in [1.82, 2.24) is 4.90 Å². The minimum absolute atomic E-state index is 0.109. The molecule has 0 radical (unpaired) electrons. The maximum atomic E-state index is 14.0. The lowest BCUT2D eigenvalue weighted by atomic mass is 10.1. The Morgan fingerprint density at radius 2 is 2.21 bits per heavy atom. The van der Waals surface area contributed by atoms with E-state index in [2.05, 4.69) is 16.7 Å². The number of aliphatic hydroxyl groups is 1. The van der Waals surface area contributed by atoms with Crippen molar-refractivity contribution in [2.24, 2.45) is 5.73 Å². The monoisotopic (exact) mass is 262 g/mol. The third kappa shape index (κ3) is 4.03. The molecular formula is C15H19FN2O. The second-order valence-corrected chi connectivity index (χ2v) is 4.74. The van der Waals surface area contributed by atoms with Crippen LogP contribution in [0.2, 0.25) is 0 Å². The van der Waals surface area contributed by atoms with E-state index in [0.717, 1.165) is 12.8 Å². The molecule has 0 aromatic heterocycles. The number of rotatable bonds is 5. The zero-order valence-electron chi connectivity index (χ0n) is 10.9. The standard InChI is InChI=1S/C15H19FN2O/c16-15-10-12(2-1-7-17)3-4-13(15)11-18(8-9-19)14-5-6-14/h3-4,10,14,19H,5-9,11,17H2. The highest BCUT2D eigenvalue weighted by Crippen LogP contribution is 2.28. The Balaban J connectivity index is 2.07. The van der Waals surface area contributed by atoms with Gasteiger partial charge in [0.2, 0.25) is 0 Å². The molecule has 1 aliphatic rings. The Morgan fingerprint density at radius 1 is 1.42 bits per heavy atom. The van der Waals surface area contributed by atoms with Crippen molar-refractivity contribution < 1.29 is 9.50 Å². The quantitative estimate of drug-likeness (QED) is 0.781. The summed E-state index contributed by atoms with van der Waals surface area (Å²) in [7, 11) is 0. The lowest BCUT2D eigenvalue weighted by molar-refractivity contribution is 0.182. The molecule has 0 amide bonds. The zero-order valence-corrected chi connectivity index (χ0v) is 10.9. The van der Waals surface area contributed by atoms with Crippen molar-refractivity contribution in [3.05, 3.63) is 35.1 Å². The topological polar surface area (TPSA) is 49.5 Å². The van der Waals surface area contributed by atoms with E-state index in [4.69, 9.17) is 10.8 Å². The highest BCUT2D eigenvalue weighted by Gasteiger charge is 2.28. The van der Waals surface area contributed by atoms with Crippen LogP contribution in [0.3, 0.4) is 0 Å². The molecule has 1 aromatic carbocycles. The van der Waals surface area contributed by atoms with Gasteiger partial charge in [-0.25, -0.2) is 4.39 Å². The summed E-state index contributed by atoms with van der Waals surface area (Å²) in [5.74, 6) is 5.28. The Kier molecular flexibility index (Phi) is 4.92. The predicted molar refractivity (Wildman–Crippen MR) is 72.9 cm³/mol. The molecule has 3 nitrogen and oxygen atoms in total. The summed E-state index contributed by atoms with van der Waals surface area (Å²) >= 11 is 0. The van der Waals surface area contributed by atoms with Gasteiger partial charge in [-0.1, -0.05) is 17.9 Å². The normalized spacial score (nSPS) is 14.3. The van der Waals surface area contributed by atoms with E-state index < -0.39 is 0 Å². The highest BCUT2D eigenvalue weighted by molar-refractivity contribution is 5.37. The Labute approximate surface area is 113 Å². The molecule has 2 rings (SSSR count). The van der Waals surface area contributed by atoms with Crippen molar-refractivity contribution in [2.75, 3.05) is 19.7 Å². The van der Waals surface area contributed by atoms with Gasteiger partial charge >= 0.3 is 0 Å². The number of nitrogens with two attached hydrogens (primary N) is 1. The molecule has 0 bridgehead atoms. The van der Waals surface area contributed by atoms with Crippen molar-refractivity contribution in [3.8, 4) is 11.8 Å². The van der Waals surface area contributed by atoms with Crippen LogP contribution in [0.1, 0.15) is 24.0 Å². The minimum atomic E-state index is -0.243. The van der Waals surface area contributed by atoms with Crippen molar-refractivity contribution in [3.63, 3.8) is 0 Å². The summed E-state index contributed by atoms with van der Waals surface area (Å²) in [6, 6.07) is 5.53. The van der Waals surface area contributed by atoms with Crippen LogP contribution in [0, 0.1) is 17.7 Å². The predicted octanol–water partition coefficient (Wildman–Crippen LogP) is 1.09. The first-order chi connectivity index (χ1) is 9.24. The maximum absolute atomic E-state index is 14.0. The summed E-state index contributed by atoms with van der Waals surface area (Å²) in [5, 5.41) is 9.04. The third-order valence-corrected chi connectivity index (χ3v) is 3.21. The van der Waals surface area contributed by atoms with Gasteiger partial charge in [0.15, 0.2) is 0 Å². The SMILES string of the molecule is NCC#Cc1ccc(CN(CCO)C2CC2)c(F)c1. The van der Waals surface area contributed by atoms with Gasteiger partial charge in [-0.2, -0.15) is 0 Å². The molecule has 0 saturated heterocycles. The molecule has 1 aliphatic carbocycles. The van der Waals surface area contributed by atoms with Crippen LogP contribution in [0.5, 0.6) is 0 Å². The Bertz CT molecular complexity index is 489. The van der Waals surface area contributed by atoms with Crippen LogP contribution >= 0.6 is 0 Å². The molecule has 0 spiro atoms. The second kappa shape index (κ2) is 6.67. The molecule has 0 aliphatic heterocycles. The average Bonchev–Trinajstić information content (AvgIpc) is 3.22. The van der Waals surface area contributed by atoms with E-state index in [-0.39, 0.29) is 19.0 Å². The lowest BCUT2D eigenvalue weighted by Gasteiger charge is -2.21. The highest BCUT2D eigenvalue weighted by atomic mass is 19.1. The molecule has 0 unspecified atom stereocenters. The first kappa shape index (κ1) is 14.0. The number of hydrogen-bond acceptors (Lipinski definition) is 3. The van der Waals surface area contributed by atoms with E-state index in [1.165, 1.54) is 6.07 Å². The van der Waals surface area contributed by atoms with E-state index in [1.54, 1.807) is 6.07 Å². The van der Waals surface area contributed by atoms with Crippen molar-refractivity contribution in [2.45, 2.75) is 25.4 Å². The van der Waals surface area contributed by atoms with Crippen LogP contribution < -0.4 is 5.73 Å². The number of aliphatic hydroxyl groups excluding tert-OH is 1. The van der Waals surface area contributed by atoms with Crippen molar-refractivity contribution >= 4 is 0 Å². The maximum Gasteiger partial charge on any atom is 0.128 e. The van der Waals surface area contributed by atoms with Gasteiger partial charge in [-0.15, -0.1) is 0 Å². The zero-order chi connectivity index (χ0) is 13.7. The fourth-order valence-corrected chi connectivity index (χ4v) is 2.08. The van der Waals surface area contributed by atoms with Gasteiger partial charge in [0.05, 0.1) is 13.2 Å². The number of benzene rings is 1. The van der Waals surface area contributed by atoms with Gasteiger partial charge in [-0.3, -0.25) is 4.90 Å². The van der Waals surface area contributed by atoms with Gasteiger partial charge in [0, 0.05) is 30.3 Å². The molecule has 1 fully saturated rings. The molecule has 4 heteroatoms. The summed E-state index contributed by atoms with van der Waals surface area (Å²) < 4.78 is 14.0. The summed E-state index contributed by atoms with van der Waals surface area (Å²) in [6.45, 7) is 1.52. The van der Waals surface area contributed by atoms with E-state index in [1.807, 2.05) is 6.07 Å². The molecule has 1 aromatic rings. The van der Waals surface area contributed by atoms with E-state index >= 15 is 0 Å². The second-order valence-electron chi connectivity index (χ2n) is 4.74. The first-order valence-corrected chi connectivity index (χ1v) is 6.57. The third-order valence-electron chi connectivity index (χ3n) is 3.21. The first-order valence-electron chi connectivity index (χ1n) is 6.57. The average molecular weight is 262 g/mol. The van der Waals surface area contributed by atoms with Crippen molar-refractivity contribution in [1.29, 1.82) is 0 Å². The number of hydrogen-bond donors (Lipinski definition) is 2. The van der Waals surface area contributed by atoms with Gasteiger partial charge < -0.3 is 10.8 Å². The molecule has 1 saturated carbocycles. The van der Waals surface area contributed by atoms with Gasteiger partial charge in [0.25, 0.3) is 0 Å². The largest absolute Gasteiger partial charge is 0.395 e. The fourth-order valence-electron chi connectivity index (χ4n) is 2.08. The van der Waals surface area contributed by atoms with E-state index in [0.29, 0.717) is 30.3 Å². The Hall–Kier alpha value is -1.41. The van der Waals surface area contributed by atoms with Crippen LogP contribution in [0.15, 0.2) is 18.2 Å². The van der Waals surface area contributed by atoms with Gasteiger partial charge in [0.1, 0.15) is 5.82 Å². The molecule has 3 N–H and O–H groups in total. The van der Waals surface area contributed by atoms with Crippen LogP contribution in [-0.2, 0) is 6.54 Å². The smallest absolute Gasteiger partial charge is 0.128 e. The molecule has 0 atom stereocenters. The summed E-state index contributed by atoms with van der Waals surface area (Å²) in [6.07, 6.45) is 2.28. The van der Waals surface area contributed by atoms with Gasteiger partial charge in [-0.05, 0) is 25.0 Å². The molecular weight excluding hydrogens is 243 g/mol. The summed E-state index contributed by atoms with van der Waals surface area (Å²) in [4.78, 5) is 2.13. The number of nitrogens with zero attached hydrogens (tertiary/aromatic N) is 1. The molecule has 0 heterocycles. The van der Waals surface area contributed by atoms with Crippen LogP contribution in [0.25, 0.3) is 0 Å². The lowest BCUT2D eigenvalue weighted by Crippen LogP contribution is -2.29. The van der Waals surface area contributed by atoms with Crippen LogP contribution in [-0.4, -0.2) is 35.7 Å². The summed E-state index contributed by atoms with van der Waals surface area (Å²) in [5.41, 5.74) is 6.58. The minimum Gasteiger partial charge on any atom is -0.395 e. The number of halogens is 1.